The molecular weight excluding hydrogens is 288 g/mol. The topological polar surface area (TPSA) is 50.7 Å². The van der Waals surface area contributed by atoms with E-state index in [-0.39, 0.29) is 12.5 Å². The molecular formula is C16H23ClN2O2. The van der Waals surface area contributed by atoms with Crippen LogP contribution in [-0.4, -0.2) is 18.2 Å². The quantitative estimate of drug-likeness (QED) is 0.580. The molecule has 0 spiro atoms. The molecule has 0 aliphatic carbocycles. The van der Waals surface area contributed by atoms with Crippen LogP contribution in [0.3, 0.4) is 0 Å². The first kappa shape index (κ1) is 17.5. The van der Waals surface area contributed by atoms with Crippen molar-refractivity contribution in [2.75, 3.05) is 6.61 Å². The van der Waals surface area contributed by atoms with Crippen LogP contribution in [0.15, 0.2) is 23.3 Å². The normalized spacial score (nSPS) is 11.3. The second-order valence-corrected chi connectivity index (χ2v) is 5.31. The van der Waals surface area contributed by atoms with Crippen LogP contribution in [0.5, 0.6) is 5.75 Å². The zero-order valence-electron chi connectivity index (χ0n) is 12.9. The molecule has 0 aromatic heterocycles. The van der Waals surface area contributed by atoms with Crippen molar-refractivity contribution in [3.05, 3.63) is 28.8 Å². The third-order valence-electron chi connectivity index (χ3n) is 3.06. The number of nitrogens with one attached hydrogen (secondary N) is 1. The monoisotopic (exact) mass is 310 g/mol. The number of carbonyl (C=O) groups is 1. The van der Waals surface area contributed by atoms with Gasteiger partial charge in [-0.25, -0.2) is 5.43 Å². The van der Waals surface area contributed by atoms with Crippen LogP contribution in [0.4, 0.5) is 0 Å². The number of rotatable bonds is 8. The van der Waals surface area contributed by atoms with Crippen LogP contribution in [0.1, 0.15) is 45.1 Å². The number of carbonyl (C=O) groups excluding carboxylic acids is 1. The van der Waals surface area contributed by atoms with E-state index in [1.807, 2.05) is 13.8 Å². The van der Waals surface area contributed by atoms with Gasteiger partial charge in [-0.3, -0.25) is 4.79 Å². The smallest absolute Gasteiger partial charge is 0.277 e. The number of aryl methyl sites for hydroxylation is 1. The summed E-state index contributed by atoms with van der Waals surface area (Å²) >= 11 is 5.87. The number of hydrogen-bond acceptors (Lipinski definition) is 3. The van der Waals surface area contributed by atoms with E-state index < -0.39 is 0 Å². The fraction of sp³-hybridized carbons (Fsp3) is 0.500. The molecule has 1 aromatic rings. The summed E-state index contributed by atoms with van der Waals surface area (Å²) < 4.78 is 5.46. The molecule has 0 aliphatic heterocycles. The van der Waals surface area contributed by atoms with Gasteiger partial charge in [0.25, 0.3) is 5.91 Å². The van der Waals surface area contributed by atoms with Crippen molar-refractivity contribution in [3.8, 4) is 5.75 Å². The van der Waals surface area contributed by atoms with Crippen molar-refractivity contribution in [1.82, 2.24) is 5.43 Å². The maximum absolute atomic E-state index is 11.7. The summed E-state index contributed by atoms with van der Waals surface area (Å²) in [6, 6.07) is 5.29. The molecule has 1 amide bonds. The van der Waals surface area contributed by atoms with E-state index in [9.17, 15) is 4.79 Å². The summed E-state index contributed by atoms with van der Waals surface area (Å²) in [6.07, 6.45) is 3.97. The molecule has 0 radical (unpaired) electrons. The SMILES string of the molecule is CCCC/C(CC)=N/NC(=O)COc1ccc(Cl)cc1C. The molecule has 1 rings (SSSR count). The minimum absolute atomic E-state index is 0.0588. The lowest BCUT2D eigenvalue weighted by Crippen LogP contribution is -2.26. The maximum atomic E-state index is 11.7. The molecule has 5 heteroatoms. The Morgan fingerprint density at radius 1 is 1.38 bits per heavy atom. The molecule has 0 bridgehead atoms. The second-order valence-electron chi connectivity index (χ2n) is 4.87. The Morgan fingerprint density at radius 3 is 2.76 bits per heavy atom. The van der Waals surface area contributed by atoms with E-state index in [0.29, 0.717) is 10.8 Å². The van der Waals surface area contributed by atoms with Crippen LogP contribution in [-0.2, 0) is 4.79 Å². The molecule has 21 heavy (non-hydrogen) atoms. The highest BCUT2D eigenvalue weighted by Crippen LogP contribution is 2.21. The molecule has 116 valence electrons. The number of hydrazone groups is 1. The van der Waals surface area contributed by atoms with Gasteiger partial charge in [0.2, 0.25) is 0 Å². The van der Waals surface area contributed by atoms with E-state index in [2.05, 4.69) is 17.5 Å². The number of ether oxygens (including phenoxy) is 1. The Morgan fingerprint density at radius 2 is 2.14 bits per heavy atom. The summed E-state index contributed by atoms with van der Waals surface area (Å²) in [7, 11) is 0. The number of halogens is 1. The number of hydrogen-bond donors (Lipinski definition) is 1. The minimum Gasteiger partial charge on any atom is -0.483 e. The number of benzene rings is 1. The highest BCUT2D eigenvalue weighted by atomic mass is 35.5. The van der Waals surface area contributed by atoms with Gasteiger partial charge in [-0.2, -0.15) is 5.10 Å². The average Bonchev–Trinajstić information content (AvgIpc) is 2.46. The van der Waals surface area contributed by atoms with Crippen molar-refractivity contribution in [2.45, 2.75) is 46.5 Å². The summed E-state index contributed by atoms with van der Waals surface area (Å²) in [5.41, 5.74) is 4.45. The average molecular weight is 311 g/mol. The third kappa shape index (κ3) is 6.63. The van der Waals surface area contributed by atoms with Crippen molar-refractivity contribution in [1.29, 1.82) is 0 Å². The maximum Gasteiger partial charge on any atom is 0.277 e. The molecule has 0 unspecified atom stereocenters. The van der Waals surface area contributed by atoms with Gasteiger partial charge >= 0.3 is 0 Å². The molecule has 0 aliphatic rings. The predicted molar refractivity (Wildman–Crippen MR) is 87.1 cm³/mol. The van der Waals surface area contributed by atoms with Gasteiger partial charge < -0.3 is 4.74 Å². The zero-order chi connectivity index (χ0) is 15.7. The number of unbranched alkanes of at least 4 members (excludes halogenated alkanes) is 1. The summed E-state index contributed by atoms with van der Waals surface area (Å²) in [4.78, 5) is 11.7. The molecule has 1 N–H and O–H groups in total. The lowest BCUT2D eigenvalue weighted by atomic mass is 10.1. The Hall–Kier alpha value is -1.55. The van der Waals surface area contributed by atoms with Gasteiger partial charge in [-0.15, -0.1) is 0 Å². The van der Waals surface area contributed by atoms with Crippen LogP contribution >= 0.6 is 11.6 Å². The van der Waals surface area contributed by atoms with Crippen molar-refractivity contribution >= 4 is 23.2 Å². The highest BCUT2D eigenvalue weighted by Gasteiger charge is 2.05. The largest absolute Gasteiger partial charge is 0.483 e. The number of amides is 1. The van der Waals surface area contributed by atoms with Gasteiger partial charge in [0.1, 0.15) is 5.75 Å². The molecule has 0 saturated carbocycles. The van der Waals surface area contributed by atoms with Crippen LogP contribution in [0.2, 0.25) is 5.02 Å². The minimum atomic E-state index is -0.258. The summed E-state index contributed by atoms with van der Waals surface area (Å²) in [5, 5.41) is 4.79. The Labute approximate surface area is 131 Å². The Balaban J connectivity index is 2.44. The first-order chi connectivity index (χ1) is 10.1. The lowest BCUT2D eigenvalue weighted by molar-refractivity contribution is -0.123. The van der Waals surface area contributed by atoms with E-state index in [1.54, 1.807) is 18.2 Å². The predicted octanol–water partition coefficient (Wildman–Crippen LogP) is 4.10. The Bertz CT molecular complexity index is 501. The van der Waals surface area contributed by atoms with Gasteiger partial charge in [0, 0.05) is 10.7 Å². The molecule has 4 nitrogen and oxygen atoms in total. The van der Waals surface area contributed by atoms with Gasteiger partial charge in [-0.05, 0) is 49.9 Å². The van der Waals surface area contributed by atoms with Gasteiger partial charge in [0.05, 0.1) is 0 Å². The van der Waals surface area contributed by atoms with Crippen LogP contribution in [0.25, 0.3) is 0 Å². The van der Waals surface area contributed by atoms with Crippen molar-refractivity contribution < 1.29 is 9.53 Å². The summed E-state index contributed by atoms with van der Waals surface area (Å²) in [5.74, 6) is 0.395. The molecule has 1 aromatic carbocycles. The second kappa shape index (κ2) is 9.40. The standard InChI is InChI=1S/C16H23ClN2O2/c1-4-6-7-14(5-2)18-19-16(20)11-21-15-9-8-13(17)10-12(15)3/h8-10H,4-7,11H2,1-3H3,(H,19,20)/b18-14+. The molecule has 0 saturated heterocycles. The van der Waals surface area contributed by atoms with E-state index in [4.69, 9.17) is 16.3 Å². The summed E-state index contributed by atoms with van der Waals surface area (Å²) in [6.45, 7) is 6.00. The van der Waals surface area contributed by atoms with E-state index in [0.717, 1.165) is 37.0 Å². The Kier molecular flexibility index (Phi) is 7.83. The van der Waals surface area contributed by atoms with Crippen LogP contribution in [0, 0.1) is 6.92 Å². The highest BCUT2D eigenvalue weighted by molar-refractivity contribution is 6.30. The van der Waals surface area contributed by atoms with Crippen molar-refractivity contribution in [2.24, 2.45) is 5.10 Å². The van der Waals surface area contributed by atoms with Gasteiger partial charge in [-0.1, -0.05) is 31.9 Å². The fourth-order valence-corrected chi connectivity index (χ4v) is 2.01. The third-order valence-corrected chi connectivity index (χ3v) is 3.30. The van der Waals surface area contributed by atoms with E-state index in [1.165, 1.54) is 0 Å². The molecule has 0 heterocycles. The zero-order valence-corrected chi connectivity index (χ0v) is 13.7. The van der Waals surface area contributed by atoms with Gasteiger partial charge in [0.15, 0.2) is 6.61 Å². The first-order valence-electron chi connectivity index (χ1n) is 7.30. The molecule has 0 fully saturated rings. The lowest BCUT2D eigenvalue weighted by Gasteiger charge is -2.09. The van der Waals surface area contributed by atoms with E-state index >= 15 is 0 Å². The fourth-order valence-electron chi connectivity index (χ4n) is 1.78. The van der Waals surface area contributed by atoms with Crippen LogP contribution < -0.4 is 10.2 Å². The van der Waals surface area contributed by atoms with Crippen molar-refractivity contribution in [3.63, 3.8) is 0 Å². The first-order valence-corrected chi connectivity index (χ1v) is 7.67. The molecule has 0 atom stereocenters. The number of nitrogens with zero attached hydrogens (tertiary/aromatic N) is 1.